The molecule has 0 aromatic heterocycles. The zero-order valence-electron chi connectivity index (χ0n) is 18.4. The van der Waals surface area contributed by atoms with Crippen molar-refractivity contribution in [3.8, 4) is 5.75 Å². The molecule has 1 fully saturated rings. The Bertz CT molecular complexity index is 783. The van der Waals surface area contributed by atoms with Crippen molar-refractivity contribution in [2.75, 3.05) is 26.7 Å². The standard InChI is InChI=1S/C22H37N3O4S/c1-3-4-5-6-7-8-9-14-25-15-10-11-18(25)17-24-22(26)20-16-19(30(23,27)28)12-13-21(20)29-2/h12-13,16,18H,3-11,14-15,17H2,1-2H3,(H,24,26)(H2,23,27,28)/t18-/m0/s1. The van der Waals surface area contributed by atoms with Gasteiger partial charge in [0, 0.05) is 12.6 Å². The van der Waals surface area contributed by atoms with E-state index in [0.717, 1.165) is 25.9 Å². The van der Waals surface area contributed by atoms with Crippen molar-refractivity contribution >= 4 is 15.9 Å². The van der Waals surface area contributed by atoms with Gasteiger partial charge in [-0.05, 0) is 50.6 Å². The van der Waals surface area contributed by atoms with Crippen LogP contribution in [0.15, 0.2) is 23.1 Å². The topological polar surface area (TPSA) is 102 Å². The lowest BCUT2D eigenvalue weighted by atomic mass is 10.1. The number of unbranched alkanes of at least 4 members (excludes halogenated alkanes) is 6. The first-order valence-electron chi connectivity index (χ1n) is 11.1. The third kappa shape index (κ3) is 7.56. The molecule has 1 aromatic rings. The number of benzene rings is 1. The van der Waals surface area contributed by atoms with Gasteiger partial charge in [-0.25, -0.2) is 13.6 Å². The molecule has 0 saturated carbocycles. The van der Waals surface area contributed by atoms with E-state index < -0.39 is 10.0 Å². The van der Waals surface area contributed by atoms with Gasteiger partial charge in [0.2, 0.25) is 10.0 Å². The number of amides is 1. The highest BCUT2D eigenvalue weighted by Gasteiger charge is 2.25. The summed E-state index contributed by atoms with van der Waals surface area (Å²) >= 11 is 0. The van der Waals surface area contributed by atoms with Crippen LogP contribution in [0.25, 0.3) is 0 Å². The number of methoxy groups -OCH3 is 1. The van der Waals surface area contributed by atoms with E-state index in [9.17, 15) is 13.2 Å². The number of nitrogens with one attached hydrogen (secondary N) is 1. The average Bonchev–Trinajstić information content (AvgIpc) is 3.17. The van der Waals surface area contributed by atoms with E-state index in [1.807, 2.05) is 0 Å². The van der Waals surface area contributed by atoms with Crippen LogP contribution in [0.4, 0.5) is 0 Å². The minimum absolute atomic E-state index is 0.102. The van der Waals surface area contributed by atoms with E-state index in [1.165, 1.54) is 70.3 Å². The third-order valence-electron chi connectivity index (χ3n) is 5.79. The largest absolute Gasteiger partial charge is 0.496 e. The van der Waals surface area contributed by atoms with Crippen LogP contribution in [0.5, 0.6) is 5.75 Å². The zero-order chi connectivity index (χ0) is 22.0. The molecule has 1 amide bonds. The summed E-state index contributed by atoms with van der Waals surface area (Å²) in [6, 6.07) is 4.39. The van der Waals surface area contributed by atoms with Crippen LogP contribution in [0.3, 0.4) is 0 Å². The predicted molar refractivity (Wildman–Crippen MR) is 119 cm³/mol. The number of primary sulfonamides is 1. The fraction of sp³-hybridized carbons (Fsp3) is 0.682. The van der Waals surface area contributed by atoms with Gasteiger partial charge in [-0.1, -0.05) is 45.4 Å². The fourth-order valence-corrected chi connectivity index (χ4v) is 4.58. The van der Waals surface area contributed by atoms with Crippen LogP contribution in [0.1, 0.15) is 75.1 Å². The van der Waals surface area contributed by atoms with E-state index >= 15 is 0 Å². The molecule has 170 valence electrons. The molecular weight excluding hydrogens is 402 g/mol. The van der Waals surface area contributed by atoms with Gasteiger partial charge in [-0.2, -0.15) is 0 Å². The SMILES string of the molecule is CCCCCCCCCN1CCC[C@H]1CNC(=O)c1cc(S(N)(=O)=O)ccc1OC. The number of ether oxygens (including phenoxy) is 1. The van der Waals surface area contributed by atoms with E-state index in [2.05, 4.69) is 17.1 Å². The molecule has 3 N–H and O–H groups in total. The monoisotopic (exact) mass is 439 g/mol. The molecule has 1 aliphatic rings. The Hall–Kier alpha value is -1.64. The van der Waals surface area contributed by atoms with E-state index in [4.69, 9.17) is 9.88 Å². The van der Waals surface area contributed by atoms with E-state index in [0.29, 0.717) is 18.3 Å². The van der Waals surface area contributed by atoms with Crippen molar-refractivity contribution < 1.29 is 17.9 Å². The van der Waals surface area contributed by atoms with Gasteiger partial charge < -0.3 is 10.1 Å². The molecule has 1 saturated heterocycles. The molecule has 1 atom stereocenters. The summed E-state index contributed by atoms with van der Waals surface area (Å²) in [4.78, 5) is 15.1. The highest BCUT2D eigenvalue weighted by molar-refractivity contribution is 7.89. The smallest absolute Gasteiger partial charge is 0.255 e. The van der Waals surface area contributed by atoms with Gasteiger partial charge in [0.05, 0.1) is 17.6 Å². The summed E-state index contributed by atoms with van der Waals surface area (Å²) in [6.45, 7) is 4.91. The summed E-state index contributed by atoms with van der Waals surface area (Å²) < 4.78 is 28.4. The van der Waals surface area contributed by atoms with Gasteiger partial charge in [0.25, 0.3) is 5.91 Å². The Kier molecular flexibility index (Phi) is 10.1. The Labute approximate surface area is 181 Å². The van der Waals surface area contributed by atoms with Gasteiger partial charge in [-0.3, -0.25) is 9.69 Å². The molecule has 0 unspecified atom stereocenters. The zero-order valence-corrected chi connectivity index (χ0v) is 19.2. The summed E-state index contributed by atoms with van der Waals surface area (Å²) in [6.07, 6.45) is 11.2. The van der Waals surface area contributed by atoms with Crippen molar-refractivity contribution in [1.29, 1.82) is 0 Å². The van der Waals surface area contributed by atoms with Gasteiger partial charge in [0.1, 0.15) is 5.75 Å². The first kappa shape index (κ1) is 24.6. The number of hydrogen-bond acceptors (Lipinski definition) is 5. The fourth-order valence-electron chi connectivity index (χ4n) is 4.04. The minimum atomic E-state index is -3.89. The first-order valence-corrected chi connectivity index (χ1v) is 12.6. The summed E-state index contributed by atoms with van der Waals surface area (Å²) in [5, 5.41) is 8.15. The molecule has 7 nitrogen and oxygen atoms in total. The lowest BCUT2D eigenvalue weighted by molar-refractivity contribution is 0.0937. The summed E-state index contributed by atoms with van der Waals surface area (Å²) in [5.74, 6) is -0.0219. The lowest BCUT2D eigenvalue weighted by Crippen LogP contribution is -2.40. The van der Waals surface area contributed by atoms with Gasteiger partial charge in [-0.15, -0.1) is 0 Å². The molecule has 0 bridgehead atoms. The number of nitrogens with zero attached hydrogens (tertiary/aromatic N) is 1. The average molecular weight is 440 g/mol. The highest BCUT2D eigenvalue weighted by Crippen LogP contribution is 2.23. The number of nitrogens with two attached hydrogens (primary N) is 1. The summed E-state index contributed by atoms with van der Waals surface area (Å²) in [7, 11) is -2.44. The van der Waals surface area contributed by atoms with Gasteiger partial charge >= 0.3 is 0 Å². The van der Waals surface area contributed by atoms with Crippen LogP contribution in [0, 0.1) is 0 Å². The molecule has 0 spiro atoms. The normalized spacial score (nSPS) is 17.2. The number of rotatable bonds is 13. The molecule has 1 aromatic carbocycles. The Balaban J connectivity index is 1.85. The maximum Gasteiger partial charge on any atom is 0.255 e. The first-order chi connectivity index (χ1) is 14.4. The molecular formula is C22H37N3O4S. The second-order valence-electron chi connectivity index (χ2n) is 8.07. The summed E-state index contributed by atoms with van der Waals surface area (Å²) in [5.41, 5.74) is 0.181. The molecule has 1 aliphatic heterocycles. The van der Waals surface area contributed by atoms with Crippen molar-refractivity contribution in [3.63, 3.8) is 0 Å². The van der Waals surface area contributed by atoms with Crippen LogP contribution < -0.4 is 15.2 Å². The van der Waals surface area contributed by atoms with Crippen LogP contribution in [-0.2, 0) is 10.0 Å². The van der Waals surface area contributed by atoms with Crippen molar-refractivity contribution in [1.82, 2.24) is 10.2 Å². The third-order valence-corrected chi connectivity index (χ3v) is 6.70. The van der Waals surface area contributed by atoms with E-state index in [-0.39, 0.29) is 16.4 Å². The Morgan fingerprint density at radius 2 is 1.90 bits per heavy atom. The maximum atomic E-state index is 12.7. The van der Waals surface area contributed by atoms with Crippen LogP contribution in [-0.4, -0.2) is 52.0 Å². The molecule has 0 aliphatic carbocycles. The molecule has 0 radical (unpaired) electrons. The Morgan fingerprint density at radius 1 is 1.20 bits per heavy atom. The second-order valence-corrected chi connectivity index (χ2v) is 9.63. The Morgan fingerprint density at radius 3 is 2.57 bits per heavy atom. The van der Waals surface area contributed by atoms with Crippen LogP contribution in [0.2, 0.25) is 0 Å². The van der Waals surface area contributed by atoms with Crippen LogP contribution >= 0.6 is 0 Å². The maximum absolute atomic E-state index is 12.7. The number of carbonyl (C=O) groups excluding carboxylic acids is 1. The van der Waals surface area contributed by atoms with Gasteiger partial charge in [0.15, 0.2) is 0 Å². The lowest BCUT2D eigenvalue weighted by Gasteiger charge is -2.25. The van der Waals surface area contributed by atoms with Crippen molar-refractivity contribution in [2.45, 2.75) is 75.6 Å². The predicted octanol–water partition coefficient (Wildman–Crippen LogP) is 3.29. The minimum Gasteiger partial charge on any atom is -0.496 e. The molecule has 30 heavy (non-hydrogen) atoms. The number of sulfonamides is 1. The molecule has 2 rings (SSSR count). The van der Waals surface area contributed by atoms with Crippen molar-refractivity contribution in [3.05, 3.63) is 23.8 Å². The highest BCUT2D eigenvalue weighted by atomic mass is 32.2. The van der Waals surface area contributed by atoms with Crippen molar-refractivity contribution in [2.24, 2.45) is 5.14 Å². The molecule has 1 heterocycles. The number of carbonyl (C=O) groups is 1. The number of hydrogen-bond donors (Lipinski definition) is 2. The molecule has 8 heteroatoms. The number of likely N-dealkylation sites (tertiary alicyclic amines) is 1. The van der Waals surface area contributed by atoms with E-state index in [1.54, 1.807) is 0 Å². The quantitative estimate of drug-likeness (QED) is 0.459. The second kappa shape index (κ2) is 12.3.